The first kappa shape index (κ1) is 22.3. The van der Waals surface area contributed by atoms with Gasteiger partial charge in [0.1, 0.15) is 12.4 Å². The molecular formula is C20H28O8. The Kier molecular flexibility index (Phi) is 6.80. The van der Waals surface area contributed by atoms with Gasteiger partial charge in [0.05, 0.1) is 37.4 Å². The Morgan fingerprint density at radius 2 is 1.86 bits per heavy atom. The Labute approximate surface area is 163 Å². The zero-order valence-electron chi connectivity index (χ0n) is 16.2. The van der Waals surface area contributed by atoms with E-state index in [-0.39, 0.29) is 17.6 Å². The quantitative estimate of drug-likeness (QED) is 0.329. The Morgan fingerprint density at radius 3 is 2.39 bits per heavy atom. The van der Waals surface area contributed by atoms with Crippen molar-refractivity contribution in [1.29, 1.82) is 0 Å². The minimum Gasteiger partial charge on any atom is -0.466 e. The highest BCUT2D eigenvalue weighted by molar-refractivity contribution is 5.89. The minimum absolute atomic E-state index is 0.0887. The maximum atomic E-state index is 12.2. The van der Waals surface area contributed by atoms with E-state index in [1.54, 1.807) is 6.92 Å². The molecule has 3 N–H and O–H groups in total. The number of esters is 2. The number of ether oxygens (including phenoxy) is 2. The molecule has 7 atom stereocenters. The van der Waals surface area contributed by atoms with Gasteiger partial charge in [-0.05, 0) is 19.3 Å². The normalized spacial score (nSPS) is 37.3. The molecule has 28 heavy (non-hydrogen) atoms. The summed E-state index contributed by atoms with van der Waals surface area (Å²) in [5, 5.41) is 30.9. The molecule has 8 nitrogen and oxygen atoms in total. The SMILES string of the molecule is C=C(CO)C(=O)O[C@H]1C[C@]2(C)[C@@H]([C@@H](O)[C@@H]1C(=C)C(=O)OC)[C@@H](C=O)CC[C@H]2O. The second kappa shape index (κ2) is 8.55. The molecule has 8 heteroatoms. The third-order valence-electron chi connectivity index (χ3n) is 6.30. The van der Waals surface area contributed by atoms with Crippen LogP contribution in [0.2, 0.25) is 0 Å². The lowest BCUT2D eigenvalue weighted by molar-refractivity contribution is -0.197. The molecule has 2 rings (SSSR count). The number of hydrogen-bond donors (Lipinski definition) is 3. The fourth-order valence-electron chi connectivity index (χ4n) is 4.74. The molecule has 0 aliphatic heterocycles. The van der Waals surface area contributed by atoms with E-state index < -0.39 is 60.0 Å². The summed E-state index contributed by atoms with van der Waals surface area (Å²) < 4.78 is 10.2. The molecular weight excluding hydrogens is 368 g/mol. The predicted octanol–water partition coefficient (Wildman–Crippen LogP) is 0.149. The van der Waals surface area contributed by atoms with Crippen LogP contribution in [0.3, 0.4) is 0 Å². The van der Waals surface area contributed by atoms with Gasteiger partial charge in [-0.25, -0.2) is 9.59 Å². The van der Waals surface area contributed by atoms with Crippen LogP contribution in [0.4, 0.5) is 0 Å². The van der Waals surface area contributed by atoms with Gasteiger partial charge in [-0.3, -0.25) is 0 Å². The van der Waals surface area contributed by atoms with Crippen molar-refractivity contribution >= 4 is 18.2 Å². The van der Waals surface area contributed by atoms with Gasteiger partial charge in [0.2, 0.25) is 0 Å². The molecule has 0 radical (unpaired) electrons. The summed E-state index contributed by atoms with van der Waals surface area (Å²) in [7, 11) is 1.17. The fourth-order valence-corrected chi connectivity index (χ4v) is 4.74. The van der Waals surface area contributed by atoms with Crippen LogP contribution in [0, 0.1) is 23.2 Å². The number of carbonyl (C=O) groups excluding carboxylic acids is 3. The van der Waals surface area contributed by atoms with Crippen molar-refractivity contribution in [2.75, 3.05) is 13.7 Å². The highest BCUT2D eigenvalue weighted by atomic mass is 16.5. The average Bonchev–Trinajstić information content (AvgIpc) is 2.67. The van der Waals surface area contributed by atoms with E-state index in [0.29, 0.717) is 12.8 Å². The van der Waals surface area contributed by atoms with E-state index in [4.69, 9.17) is 14.6 Å². The van der Waals surface area contributed by atoms with Crippen LogP contribution >= 0.6 is 0 Å². The molecule has 2 fully saturated rings. The predicted molar refractivity (Wildman–Crippen MR) is 97.8 cm³/mol. The maximum absolute atomic E-state index is 12.2. The van der Waals surface area contributed by atoms with Crippen LogP contribution in [-0.2, 0) is 23.9 Å². The highest BCUT2D eigenvalue weighted by Gasteiger charge is 2.59. The van der Waals surface area contributed by atoms with Crippen molar-refractivity contribution in [3.63, 3.8) is 0 Å². The van der Waals surface area contributed by atoms with E-state index in [2.05, 4.69) is 13.2 Å². The van der Waals surface area contributed by atoms with Crippen molar-refractivity contribution in [3.8, 4) is 0 Å². The summed E-state index contributed by atoms with van der Waals surface area (Å²) in [6, 6.07) is 0. The van der Waals surface area contributed by atoms with Gasteiger partial charge < -0.3 is 29.6 Å². The summed E-state index contributed by atoms with van der Waals surface area (Å²) in [5.41, 5.74) is -1.19. The van der Waals surface area contributed by atoms with Gasteiger partial charge in [-0.1, -0.05) is 20.1 Å². The number of rotatable bonds is 6. The first-order valence-corrected chi connectivity index (χ1v) is 9.20. The number of aliphatic hydroxyl groups is 3. The Hall–Kier alpha value is -2.03. The second-order valence-corrected chi connectivity index (χ2v) is 7.87. The van der Waals surface area contributed by atoms with Crippen LogP contribution in [0.5, 0.6) is 0 Å². The second-order valence-electron chi connectivity index (χ2n) is 7.87. The van der Waals surface area contributed by atoms with Crippen LogP contribution in [0.25, 0.3) is 0 Å². The molecule has 0 aromatic carbocycles. The summed E-state index contributed by atoms with van der Waals surface area (Å²) in [6.07, 6.45) is -1.46. The number of aldehydes is 1. The summed E-state index contributed by atoms with van der Waals surface area (Å²) in [6.45, 7) is 8.26. The Morgan fingerprint density at radius 1 is 1.21 bits per heavy atom. The van der Waals surface area contributed by atoms with Crippen molar-refractivity contribution in [2.24, 2.45) is 23.2 Å². The molecule has 2 aliphatic rings. The smallest absolute Gasteiger partial charge is 0.336 e. The first-order valence-electron chi connectivity index (χ1n) is 9.20. The standard InChI is InChI=1S/C20H28O8/c1-10(8-21)18(25)28-13-7-20(3)14(23)6-5-12(9-22)16(20)17(24)15(13)11(2)19(26)27-4/h9,12-17,21,23-24H,1-2,5-8H2,3-4H3/t12-,13+,14-,15-,16-,17+,20+/m1/s1. The molecule has 2 aliphatic carbocycles. The van der Waals surface area contributed by atoms with E-state index in [1.165, 1.54) is 7.11 Å². The van der Waals surface area contributed by atoms with Gasteiger partial charge in [-0.15, -0.1) is 0 Å². The molecule has 0 saturated heterocycles. The molecule has 0 heterocycles. The number of aliphatic hydroxyl groups excluding tert-OH is 3. The summed E-state index contributed by atoms with van der Waals surface area (Å²) >= 11 is 0. The maximum Gasteiger partial charge on any atom is 0.336 e. The van der Waals surface area contributed by atoms with Crippen LogP contribution in [0.1, 0.15) is 26.2 Å². The first-order chi connectivity index (χ1) is 13.1. The van der Waals surface area contributed by atoms with Gasteiger partial charge >= 0.3 is 11.9 Å². The monoisotopic (exact) mass is 396 g/mol. The van der Waals surface area contributed by atoms with E-state index in [9.17, 15) is 24.6 Å². The van der Waals surface area contributed by atoms with Crippen LogP contribution in [0.15, 0.2) is 24.3 Å². The molecule has 0 amide bonds. The highest BCUT2D eigenvalue weighted by Crippen LogP contribution is 2.55. The summed E-state index contributed by atoms with van der Waals surface area (Å²) in [5.74, 6) is -3.82. The molecule has 156 valence electrons. The third-order valence-corrected chi connectivity index (χ3v) is 6.30. The molecule has 0 unspecified atom stereocenters. The lowest BCUT2D eigenvalue weighted by Gasteiger charge is -2.56. The Bertz CT molecular complexity index is 671. The van der Waals surface area contributed by atoms with Crippen molar-refractivity contribution in [1.82, 2.24) is 0 Å². The topological polar surface area (TPSA) is 130 Å². The van der Waals surface area contributed by atoms with Gasteiger partial charge in [-0.2, -0.15) is 0 Å². The number of methoxy groups -OCH3 is 1. The average molecular weight is 396 g/mol. The fraction of sp³-hybridized carbons (Fsp3) is 0.650. The lowest BCUT2D eigenvalue weighted by Crippen LogP contribution is -2.61. The van der Waals surface area contributed by atoms with Crippen molar-refractivity contribution in [2.45, 2.75) is 44.5 Å². The van der Waals surface area contributed by atoms with Crippen molar-refractivity contribution in [3.05, 3.63) is 24.3 Å². The van der Waals surface area contributed by atoms with Crippen LogP contribution in [-0.4, -0.2) is 65.6 Å². The zero-order chi connectivity index (χ0) is 21.2. The van der Waals surface area contributed by atoms with Crippen molar-refractivity contribution < 1.29 is 39.2 Å². The summed E-state index contributed by atoms with van der Waals surface area (Å²) in [4.78, 5) is 35.9. The minimum atomic E-state index is -1.27. The van der Waals surface area contributed by atoms with E-state index in [0.717, 1.165) is 6.29 Å². The molecule has 0 aromatic heterocycles. The zero-order valence-corrected chi connectivity index (χ0v) is 16.2. The van der Waals surface area contributed by atoms with Gasteiger partial charge in [0.25, 0.3) is 0 Å². The van der Waals surface area contributed by atoms with Gasteiger partial charge in [0.15, 0.2) is 0 Å². The van der Waals surface area contributed by atoms with E-state index >= 15 is 0 Å². The molecule has 0 spiro atoms. The lowest BCUT2D eigenvalue weighted by atomic mass is 9.51. The van der Waals surface area contributed by atoms with E-state index in [1.807, 2.05) is 0 Å². The Balaban J connectivity index is 2.47. The molecule has 2 saturated carbocycles. The molecule has 0 bridgehead atoms. The van der Waals surface area contributed by atoms with Gasteiger partial charge in [0, 0.05) is 22.8 Å². The number of hydrogen-bond acceptors (Lipinski definition) is 8. The number of fused-ring (bicyclic) bond motifs is 1. The third kappa shape index (κ3) is 3.76. The largest absolute Gasteiger partial charge is 0.466 e. The number of carbonyl (C=O) groups is 3. The molecule has 0 aromatic rings. The van der Waals surface area contributed by atoms with Crippen LogP contribution < -0.4 is 0 Å².